The summed E-state index contributed by atoms with van der Waals surface area (Å²) >= 11 is 0. The number of aliphatic imine (C=N–C) groups is 1. The second-order valence-electron chi connectivity index (χ2n) is 6.41. The number of Topliss-reactive ketones (excluding diaryl/α,β-unsaturated/α-hetero) is 1. The normalized spacial score (nSPS) is 15.5. The monoisotopic (exact) mass is 401 g/mol. The van der Waals surface area contributed by atoms with E-state index < -0.39 is 11.6 Å². The fourth-order valence-electron chi connectivity index (χ4n) is 2.76. The van der Waals surface area contributed by atoms with Crippen LogP contribution < -0.4 is 10.6 Å². The van der Waals surface area contributed by atoms with Gasteiger partial charge in [-0.1, -0.05) is 18.2 Å². The summed E-state index contributed by atoms with van der Waals surface area (Å²) in [5, 5.41) is 0. The molecule has 0 bridgehead atoms. The van der Waals surface area contributed by atoms with Crippen molar-refractivity contribution in [3.05, 3.63) is 59.6 Å². The number of hydrogen-bond donors (Lipinski definition) is 1. The van der Waals surface area contributed by atoms with Crippen molar-refractivity contribution in [1.82, 2.24) is 9.97 Å². The Kier molecular flexibility index (Phi) is 6.61. The molecule has 1 fully saturated rings. The maximum Gasteiger partial charge on any atom is 0.183 e. The number of anilines is 1. The number of benzene rings is 1. The summed E-state index contributed by atoms with van der Waals surface area (Å²) in [6.45, 7) is 3.26. The van der Waals surface area contributed by atoms with Gasteiger partial charge in [-0.15, -0.1) is 0 Å². The van der Waals surface area contributed by atoms with Crippen molar-refractivity contribution < 1.29 is 18.3 Å². The van der Waals surface area contributed by atoms with Gasteiger partial charge in [0.2, 0.25) is 0 Å². The average Bonchev–Trinajstić information content (AvgIpc) is 2.72. The molecule has 2 aromatic rings. The lowest BCUT2D eigenvalue weighted by atomic mass is 10.2. The molecule has 0 amide bonds. The lowest BCUT2D eigenvalue weighted by Gasteiger charge is -2.28. The Balaban J connectivity index is 1.86. The lowest BCUT2D eigenvalue weighted by Crippen LogP contribution is -2.37. The Morgan fingerprint density at radius 3 is 2.69 bits per heavy atom. The second kappa shape index (κ2) is 9.33. The number of rotatable bonds is 6. The minimum absolute atomic E-state index is 0.0192. The number of carbonyl (C=O) groups is 1. The summed E-state index contributed by atoms with van der Waals surface area (Å²) in [5.41, 5.74) is 6.50. The largest absolute Gasteiger partial charge is 0.396 e. The van der Waals surface area contributed by atoms with Crippen molar-refractivity contribution in [2.24, 2.45) is 10.7 Å². The number of morpholine rings is 1. The van der Waals surface area contributed by atoms with E-state index in [1.54, 1.807) is 23.1 Å². The highest BCUT2D eigenvalue weighted by Gasteiger charge is 2.18. The predicted octanol–water partition coefficient (Wildman–Crippen LogP) is 2.12. The first-order chi connectivity index (χ1) is 14.0. The van der Waals surface area contributed by atoms with Gasteiger partial charge in [-0.3, -0.25) is 9.79 Å². The van der Waals surface area contributed by atoms with E-state index in [-0.39, 0.29) is 35.4 Å². The van der Waals surface area contributed by atoms with Crippen molar-refractivity contribution in [3.63, 3.8) is 0 Å². The Morgan fingerprint density at radius 1 is 1.28 bits per heavy atom. The van der Waals surface area contributed by atoms with E-state index in [4.69, 9.17) is 10.5 Å². The average molecular weight is 401 g/mol. The van der Waals surface area contributed by atoms with E-state index >= 15 is 0 Å². The van der Waals surface area contributed by atoms with E-state index in [2.05, 4.69) is 15.0 Å². The van der Waals surface area contributed by atoms with Gasteiger partial charge in [0.15, 0.2) is 23.2 Å². The summed E-state index contributed by atoms with van der Waals surface area (Å²) in [5.74, 6) is -1.12. The standard InChI is InChI=1S/C20H21F2N5O2/c1-13(28)18(24-11-14-4-2-3-5-15(14)21)10-17(23)19-25-12-16(22)20(26-19)27-6-8-29-9-7-27/h2-5,10,12H,6-9,11,23H2,1H3. The van der Waals surface area contributed by atoms with Crippen LogP contribution in [0, 0.1) is 11.6 Å². The molecule has 2 heterocycles. The fourth-order valence-corrected chi connectivity index (χ4v) is 2.76. The number of ketones is 1. The number of ether oxygens (including phenoxy) is 1. The third-order valence-electron chi connectivity index (χ3n) is 4.32. The Hall–Kier alpha value is -3.20. The lowest BCUT2D eigenvalue weighted by molar-refractivity contribution is -0.111. The molecule has 2 N–H and O–H groups in total. The zero-order chi connectivity index (χ0) is 20.8. The third-order valence-corrected chi connectivity index (χ3v) is 4.32. The molecule has 1 aromatic carbocycles. The molecule has 3 rings (SSSR count). The number of aromatic nitrogens is 2. The molecule has 1 saturated heterocycles. The van der Waals surface area contributed by atoms with Crippen LogP contribution in [0.4, 0.5) is 14.6 Å². The molecule has 0 unspecified atom stereocenters. The Bertz CT molecular complexity index is 956. The highest BCUT2D eigenvalue weighted by molar-refractivity contribution is 6.44. The summed E-state index contributed by atoms with van der Waals surface area (Å²) in [6.07, 6.45) is 2.36. The SMILES string of the molecule is CC(=O)C(C=C(N)c1ncc(F)c(N2CCOCC2)n1)=NCc1ccccc1F. The highest BCUT2D eigenvalue weighted by atomic mass is 19.1. The smallest absolute Gasteiger partial charge is 0.183 e. The zero-order valence-corrected chi connectivity index (χ0v) is 15.9. The highest BCUT2D eigenvalue weighted by Crippen LogP contribution is 2.18. The molecule has 152 valence electrons. The number of hydrogen-bond acceptors (Lipinski definition) is 7. The summed E-state index contributed by atoms with van der Waals surface area (Å²) in [4.78, 5) is 26.0. The zero-order valence-electron chi connectivity index (χ0n) is 15.9. The van der Waals surface area contributed by atoms with Crippen molar-refractivity contribution >= 4 is 23.0 Å². The first kappa shape index (κ1) is 20.5. The molecule has 1 aromatic heterocycles. The third kappa shape index (κ3) is 5.20. The molecule has 1 aliphatic rings. The first-order valence-electron chi connectivity index (χ1n) is 9.07. The van der Waals surface area contributed by atoms with E-state index in [9.17, 15) is 13.6 Å². The van der Waals surface area contributed by atoms with E-state index in [0.717, 1.165) is 6.20 Å². The fraction of sp³-hybridized carbons (Fsp3) is 0.300. The van der Waals surface area contributed by atoms with E-state index in [0.29, 0.717) is 31.9 Å². The number of allylic oxidation sites excluding steroid dienone is 1. The van der Waals surface area contributed by atoms with Crippen LogP contribution >= 0.6 is 0 Å². The van der Waals surface area contributed by atoms with Gasteiger partial charge in [0.25, 0.3) is 0 Å². The molecular weight excluding hydrogens is 380 g/mol. The molecular formula is C20H21F2N5O2. The number of nitrogens with two attached hydrogens (primary N) is 1. The summed E-state index contributed by atoms with van der Waals surface area (Å²) in [7, 11) is 0. The molecule has 0 radical (unpaired) electrons. The van der Waals surface area contributed by atoms with Gasteiger partial charge in [-0.2, -0.15) is 0 Å². The van der Waals surface area contributed by atoms with Gasteiger partial charge in [-0.25, -0.2) is 18.7 Å². The Labute approximate surface area is 166 Å². The van der Waals surface area contributed by atoms with Crippen LogP contribution in [0.3, 0.4) is 0 Å². The Morgan fingerprint density at radius 2 is 2.00 bits per heavy atom. The molecule has 7 nitrogen and oxygen atoms in total. The summed E-state index contributed by atoms with van der Waals surface area (Å²) in [6, 6.07) is 6.17. The molecule has 29 heavy (non-hydrogen) atoms. The summed E-state index contributed by atoms with van der Waals surface area (Å²) < 4.78 is 33.2. The quantitative estimate of drug-likeness (QED) is 0.746. The maximum absolute atomic E-state index is 14.2. The molecule has 1 aliphatic heterocycles. The molecule has 0 atom stereocenters. The van der Waals surface area contributed by atoms with E-state index in [1.807, 2.05) is 0 Å². The van der Waals surface area contributed by atoms with Gasteiger partial charge in [0.1, 0.15) is 11.5 Å². The van der Waals surface area contributed by atoms with Crippen LogP contribution in [-0.4, -0.2) is 47.8 Å². The number of carbonyl (C=O) groups excluding carboxylic acids is 1. The number of halogens is 2. The van der Waals surface area contributed by atoms with Gasteiger partial charge in [0.05, 0.1) is 31.7 Å². The van der Waals surface area contributed by atoms with Crippen LogP contribution in [0.5, 0.6) is 0 Å². The van der Waals surface area contributed by atoms with Crippen molar-refractivity contribution in [3.8, 4) is 0 Å². The topological polar surface area (TPSA) is 93.7 Å². The maximum atomic E-state index is 14.2. The van der Waals surface area contributed by atoms with Crippen molar-refractivity contribution in [2.45, 2.75) is 13.5 Å². The van der Waals surface area contributed by atoms with Gasteiger partial charge >= 0.3 is 0 Å². The minimum atomic E-state index is -0.566. The van der Waals surface area contributed by atoms with Crippen molar-refractivity contribution in [1.29, 1.82) is 0 Å². The van der Waals surface area contributed by atoms with Gasteiger partial charge < -0.3 is 15.4 Å². The van der Waals surface area contributed by atoms with Crippen molar-refractivity contribution in [2.75, 3.05) is 31.2 Å². The van der Waals surface area contributed by atoms with Gasteiger partial charge in [-0.05, 0) is 12.1 Å². The minimum Gasteiger partial charge on any atom is -0.396 e. The predicted molar refractivity (Wildman–Crippen MR) is 105 cm³/mol. The molecule has 0 spiro atoms. The number of nitrogens with zero attached hydrogens (tertiary/aromatic N) is 4. The van der Waals surface area contributed by atoms with Gasteiger partial charge in [0, 0.05) is 25.6 Å². The van der Waals surface area contributed by atoms with Crippen LogP contribution in [0.1, 0.15) is 18.3 Å². The molecule has 0 aliphatic carbocycles. The van der Waals surface area contributed by atoms with Crippen LogP contribution in [0.15, 0.2) is 41.5 Å². The first-order valence-corrected chi connectivity index (χ1v) is 9.07. The molecule has 9 heteroatoms. The van der Waals surface area contributed by atoms with Crippen LogP contribution in [0.2, 0.25) is 0 Å². The molecule has 0 saturated carbocycles. The van der Waals surface area contributed by atoms with Crippen LogP contribution in [0.25, 0.3) is 5.70 Å². The van der Waals surface area contributed by atoms with E-state index in [1.165, 1.54) is 19.1 Å². The van der Waals surface area contributed by atoms with Crippen LogP contribution in [-0.2, 0) is 16.1 Å². The second-order valence-corrected chi connectivity index (χ2v) is 6.41.